The first-order valence-electron chi connectivity index (χ1n) is 6.46. The van der Waals surface area contributed by atoms with Gasteiger partial charge in [-0.25, -0.2) is 4.98 Å². The van der Waals surface area contributed by atoms with Gasteiger partial charge in [-0.3, -0.25) is 0 Å². The Hall–Kier alpha value is -1.39. The van der Waals surface area contributed by atoms with Crippen molar-refractivity contribution in [1.29, 1.82) is 0 Å². The molecule has 2 aromatic rings. The lowest BCUT2D eigenvalue weighted by molar-refractivity contribution is 0.472. The summed E-state index contributed by atoms with van der Waals surface area (Å²) in [4.78, 5) is 5.76. The third-order valence-electron chi connectivity index (χ3n) is 3.23. The van der Waals surface area contributed by atoms with E-state index in [1.54, 1.807) is 23.5 Å². The van der Waals surface area contributed by atoms with Crippen LogP contribution in [0.2, 0.25) is 0 Å². The van der Waals surface area contributed by atoms with Crippen molar-refractivity contribution in [2.75, 3.05) is 0 Å². The molecule has 19 heavy (non-hydrogen) atoms. The van der Waals surface area contributed by atoms with Crippen LogP contribution >= 0.6 is 11.3 Å². The number of thiazole rings is 1. The molecule has 2 N–H and O–H groups in total. The topological polar surface area (TPSA) is 45.2 Å². The van der Waals surface area contributed by atoms with Crippen LogP contribution < -0.4 is 5.32 Å². The Kier molecular flexibility index (Phi) is 4.22. The van der Waals surface area contributed by atoms with Gasteiger partial charge in [-0.05, 0) is 45.4 Å². The summed E-state index contributed by atoms with van der Waals surface area (Å²) < 4.78 is 0. The Morgan fingerprint density at radius 3 is 2.26 bits per heavy atom. The highest BCUT2D eigenvalue weighted by Crippen LogP contribution is 2.27. The third-order valence-corrected chi connectivity index (χ3v) is 4.48. The van der Waals surface area contributed by atoms with Gasteiger partial charge in [0.05, 0.1) is 10.7 Å². The van der Waals surface area contributed by atoms with E-state index >= 15 is 0 Å². The predicted octanol–water partition coefficient (Wildman–Crippen LogP) is 3.88. The molecule has 2 rings (SSSR count). The second-order valence-electron chi connectivity index (χ2n) is 4.88. The molecule has 0 spiro atoms. The van der Waals surface area contributed by atoms with E-state index in [9.17, 15) is 5.11 Å². The molecule has 1 aromatic carbocycles. The number of nitrogens with zero attached hydrogens (tertiary/aromatic N) is 1. The van der Waals surface area contributed by atoms with Gasteiger partial charge in [0.1, 0.15) is 5.75 Å². The standard InChI is InChI=1S/C15H20N2OS/c1-9(13-5-7-14(18)8-6-13)16-10(2)15-11(3)17-12(4)19-15/h5-10,16,18H,1-4H3. The molecule has 2 atom stereocenters. The average molecular weight is 276 g/mol. The minimum absolute atomic E-state index is 0.234. The van der Waals surface area contributed by atoms with Gasteiger partial charge in [-0.15, -0.1) is 11.3 Å². The maximum Gasteiger partial charge on any atom is 0.115 e. The van der Waals surface area contributed by atoms with Crippen molar-refractivity contribution in [3.05, 3.63) is 45.4 Å². The molecule has 0 fully saturated rings. The van der Waals surface area contributed by atoms with Crippen LogP contribution in [-0.4, -0.2) is 10.1 Å². The first kappa shape index (κ1) is 14.0. The molecule has 0 aliphatic carbocycles. The van der Waals surface area contributed by atoms with Crippen molar-refractivity contribution in [2.45, 2.75) is 39.8 Å². The number of benzene rings is 1. The van der Waals surface area contributed by atoms with E-state index in [0.29, 0.717) is 5.75 Å². The van der Waals surface area contributed by atoms with Crippen LogP contribution in [0.1, 0.15) is 47.1 Å². The van der Waals surface area contributed by atoms with Crippen molar-refractivity contribution in [1.82, 2.24) is 10.3 Å². The first-order chi connectivity index (χ1) is 8.97. The summed E-state index contributed by atoms with van der Waals surface area (Å²) in [6.45, 7) is 8.39. The van der Waals surface area contributed by atoms with Crippen LogP contribution in [-0.2, 0) is 0 Å². The zero-order chi connectivity index (χ0) is 14.0. The van der Waals surface area contributed by atoms with E-state index < -0.39 is 0 Å². The Labute approximate surface area is 118 Å². The Balaban J connectivity index is 2.08. The lowest BCUT2D eigenvalue weighted by Crippen LogP contribution is -2.22. The fourth-order valence-electron chi connectivity index (χ4n) is 2.26. The molecule has 2 unspecified atom stereocenters. The van der Waals surface area contributed by atoms with Crippen molar-refractivity contribution < 1.29 is 5.11 Å². The van der Waals surface area contributed by atoms with E-state index in [-0.39, 0.29) is 12.1 Å². The maximum atomic E-state index is 9.31. The molecule has 0 saturated carbocycles. The monoisotopic (exact) mass is 276 g/mol. The lowest BCUT2D eigenvalue weighted by Gasteiger charge is -2.20. The number of aryl methyl sites for hydroxylation is 2. The van der Waals surface area contributed by atoms with E-state index in [4.69, 9.17) is 0 Å². The van der Waals surface area contributed by atoms with Crippen LogP contribution in [0.3, 0.4) is 0 Å². The van der Waals surface area contributed by atoms with E-state index in [0.717, 1.165) is 10.7 Å². The Morgan fingerprint density at radius 1 is 1.11 bits per heavy atom. The van der Waals surface area contributed by atoms with Crippen molar-refractivity contribution in [3.8, 4) is 5.75 Å². The molecule has 1 heterocycles. The van der Waals surface area contributed by atoms with Gasteiger partial charge in [0.25, 0.3) is 0 Å². The summed E-state index contributed by atoms with van der Waals surface area (Å²) in [6, 6.07) is 7.85. The predicted molar refractivity (Wildman–Crippen MR) is 79.7 cm³/mol. The number of aromatic hydroxyl groups is 1. The maximum absolute atomic E-state index is 9.31. The van der Waals surface area contributed by atoms with E-state index in [1.807, 2.05) is 19.1 Å². The summed E-state index contributed by atoms with van der Waals surface area (Å²) in [5, 5.41) is 14.0. The van der Waals surface area contributed by atoms with Crippen molar-refractivity contribution in [3.63, 3.8) is 0 Å². The van der Waals surface area contributed by atoms with Crippen LogP contribution in [0.15, 0.2) is 24.3 Å². The second-order valence-corrected chi connectivity index (χ2v) is 6.12. The molecule has 0 aliphatic rings. The highest BCUT2D eigenvalue weighted by molar-refractivity contribution is 7.11. The largest absolute Gasteiger partial charge is 0.508 e. The molecule has 0 amide bonds. The minimum Gasteiger partial charge on any atom is -0.508 e. The smallest absolute Gasteiger partial charge is 0.115 e. The summed E-state index contributed by atoms with van der Waals surface area (Å²) >= 11 is 1.75. The number of aromatic nitrogens is 1. The SMILES string of the molecule is Cc1nc(C)c(C(C)NC(C)c2ccc(O)cc2)s1. The van der Waals surface area contributed by atoms with Gasteiger partial charge in [-0.2, -0.15) is 0 Å². The van der Waals surface area contributed by atoms with Crippen molar-refractivity contribution >= 4 is 11.3 Å². The summed E-state index contributed by atoms with van der Waals surface area (Å²) in [5.74, 6) is 0.304. The van der Waals surface area contributed by atoms with E-state index in [2.05, 4.69) is 31.1 Å². The Morgan fingerprint density at radius 2 is 1.74 bits per heavy atom. The van der Waals surface area contributed by atoms with Crippen LogP contribution in [0.4, 0.5) is 0 Å². The first-order valence-corrected chi connectivity index (χ1v) is 7.28. The second kappa shape index (κ2) is 5.72. The van der Waals surface area contributed by atoms with Gasteiger partial charge in [0.15, 0.2) is 0 Å². The van der Waals surface area contributed by atoms with Gasteiger partial charge in [0.2, 0.25) is 0 Å². The fraction of sp³-hybridized carbons (Fsp3) is 0.400. The molecule has 4 heteroatoms. The number of nitrogens with one attached hydrogen (secondary N) is 1. The van der Waals surface area contributed by atoms with Crippen LogP contribution in [0, 0.1) is 13.8 Å². The Bertz CT molecular complexity index is 548. The lowest BCUT2D eigenvalue weighted by atomic mass is 10.1. The van der Waals surface area contributed by atoms with Crippen LogP contribution in [0.5, 0.6) is 5.75 Å². The highest BCUT2D eigenvalue weighted by Gasteiger charge is 2.15. The zero-order valence-corrected chi connectivity index (χ0v) is 12.6. The highest BCUT2D eigenvalue weighted by atomic mass is 32.1. The number of phenols is 1. The number of hydrogen-bond acceptors (Lipinski definition) is 4. The summed E-state index contributed by atoms with van der Waals surface area (Å²) in [6.07, 6.45) is 0. The molecule has 0 aliphatic heterocycles. The van der Waals surface area contributed by atoms with Gasteiger partial charge >= 0.3 is 0 Å². The molecule has 0 radical (unpaired) electrons. The number of phenolic OH excluding ortho intramolecular Hbond substituents is 1. The number of rotatable bonds is 4. The molecule has 1 aromatic heterocycles. The van der Waals surface area contributed by atoms with E-state index in [1.165, 1.54) is 10.4 Å². The molecule has 0 saturated heterocycles. The van der Waals surface area contributed by atoms with Gasteiger partial charge < -0.3 is 10.4 Å². The minimum atomic E-state index is 0.234. The summed E-state index contributed by atoms with van der Waals surface area (Å²) in [5.41, 5.74) is 2.28. The molecule has 102 valence electrons. The molecule has 0 bridgehead atoms. The van der Waals surface area contributed by atoms with Crippen LogP contribution in [0.25, 0.3) is 0 Å². The van der Waals surface area contributed by atoms with Crippen molar-refractivity contribution in [2.24, 2.45) is 0 Å². The molecule has 3 nitrogen and oxygen atoms in total. The molecular formula is C15H20N2OS. The van der Waals surface area contributed by atoms with Gasteiger partial charge in [-0.1, -0.05) is 12.1 Å². The van der Waals surface area contributed by atoms with Gasteiger partial charge in [0, 0.05) is 17.0 Å². The quantitative estimate of drug-likeness (QED) is 0.891. The molecular weight excluding hydrogens is 256 g/mol. The summed E-state index contributed by atoms with van der Waals surface area (Å²) in [7, 11) is 0. The average Bonchev–Trinajstić information content (AvgIpc) is 2.69. The zero-order valence-electron chi connectivity index (χ0n) is 11.8. The fourth-order valence-corrected chi connectivity index (χ4v) is 3.20. The third kappa shape index (κ3) is 3.33. The number of hydrogen-bond donors (Lipinski definition) is 2. The normalized spacial score (nSPS) is 14.3.